The molecule has 0 unspecified atom stereocenters. The third-order valence-corrected chi connectivity index (χ3v) is 2.03. The van der Waals surface area contributed by atoms with Crippen molar-refractivity contribution in [1.82, 2.24) is 0 Å². The normalized spacial score (nSPS) is 12.0. The van der Waals surface area contributed by atoms with Crippen LogP contribution in [0.2, 0.25) is 0 Å². The van der Waals surface area contributed by atoms with Crippen LogP contribution in [0.4, 0.5) is 13.2 Å². The minimum atomic E-state index is -4.69. The Morgan fingerprint density at radius 2 is 1.85 bits per heavy atom. The fraction of sp³-hybridized carbons (Fsp3) is 0.214. The van der Waals surface area contributed by atoms with Crippen LogP contribution in [-0.4, -0.2) is 18.9 Å². The molecule has 0 amide bonds. The molecule has 0 aliphatic heterocycles. The molecule has 1 rings (SSSR count). The number of alkyl halides is 3. The van der Waals surface area contributed by atoms with Crippen LogP contribution in [0.15, 0.2) is 42.5 Å². The Balaban J connectivity index is 2.55. The quantitative estimate of drug-likeness (QED) is 0.470. The standard InChI is InChI=1S/C14H13F3O3/c1-2-19-13(18)6-4-3-5-11-7-9-12(10-8-11)20-14(15,16)17/h3-10H,2H2,1H3/b5-3+,6-4+. The fourth-order valence-corrected chi connectivity index (χ4v) is 1.27. The predicted molar refractivity (Wildman–Crippen MR) is 67.9 cm³/mol. The van der Waals surface area contributed by atoms with Crippen LogP contribution in [0, 0.1) is 0 Å². The highest BCUT2D eigenvalue weighted by Gasteiger charge is 2.30. The molecule has 1 aromatic carbocycles. The molecule has 1 aromatic rings. The van der Waals surface area contributed by atoms with E-state index in [0.717, 1.165) is 0 Å². The van der Waals surface area contributed by atoms with E-state index in [1.54, 1.807) is 19.1 Å². The maximum absolute atomic E-state index is 11.9. The van der Waals surface area contributed by atoms with Crippen LogP contribution >= 0.6 is 0 Å². The predicted octanol–water partition coefficient (Wildman–Crippen LogP) is 3.72. The maximum atomic E-state index is 11.9. The van der Waals surface area contributed by atoms with Crippen molar-refractivity contribution >= 4 is 12.0 Å². The second kappa shape index (κ2) is 7.37. The molecule has 0 bridgehead atoms. The topological polar surface area (TPSA) is 35.5 Å². The second-order valence-corrected chi connectivity index (χ2v) is 3.59. The smallest absolute Gasteiger partial charge is 0.463 e. The van der Waals surface area contributed by atoms with Crippen molar-refractivity contribution < 1.29 is 27.4 Å². The molecule has 0 N–H and O–H groups in total. The van der Waals surface area contributed by atoms with Gasteiger partial charge in [-0.05, 0) is 24.6 Å². The lowest BCUT2D eigenvalue weighted by atomic mass is 10.2. The van der Waals surface area contributed by atoms with E-state index in [-0.39, 0.29) is 5.75 Å². The van der Waals surface area contributed by atoms with Crippen LogP contribution in [0.25, 0.3) is 6.08 Å². The minimum absolute atomic E-state index is 0.281. The summed E-state index contributed by atoms with van der Waals surface area (Å²) in [6.45, 7) is 2.00. The number of carbonyl (C=O) groups is 1. The number of carbonyl (C=O) groups excluding carboxylic acids is 1. The number of esters is 1. The highest BCUT2D eigenvalue weighted by Crippen LogP contribution is 2.22. The lowest BCUT2D eigenvalue weighted by Gasteiger charge is -2.08. The Morgan fingerprint density at radius 1 is 1.20 bits per heavy atom. The molecule has 0 saturated heterocycles. The summed E-state index contributed by atoms with van der Waals surface area (Å²) in [7, 11) is 0. The van der Waals surface area contributed by atoms with Crippen molar-refractivity contribution in [1.29, 1.82) is 0 Å². The van der Waals surface area contributed by atoms with E-state index in [0.29, 0.717) is 12.2 Å². The van der Waals surface area contributed by atoms with Crippen molar-refractivity contribution in [3.05, 3.63) is 48.1 Å². The first-order valence-electron chi connectivity index (χ1n) is 5.78. The van der Waals surface area contributed by atoms with Gasteiger partial charge in [0.1, 0.15) is 5.75 Å². The molecule has 0 atom stereocenters. The van der Waals surface area contributed by atoms with Crippen molar-refractivity contribution in [2.45, 2.75) is 13.3 Å². The number of halogens is 3. The summed E-state index contributed by atoms with van der Waals surface area (Å²) in [6, 6.07) is 5.36. The summed E-state index contributed by atoms with van der Waals surface area (Å²) in [5.74, 6) is -0.734. The number of hydrogen-bond donors (Lipinski definition) is 0. The fourth-order valence-electron chi connectivity index (χ4n) is 1.27. The summed E-state index contributed by atoms with van der Waals surface area (Å²) in [5, 5.41) is 0. The molecular formula is C14H13F3O3. The van der Waals surface area contributed by atoms with Gasteiger partial charge in [0.25, 0.3) is 0 Å². The molecule has 108 valence electrons. The highest BCUT2D eigenvalue weighted by molar-refractivity contribution is 5.82. The number of ether oxygens (including phenoxy) is 2. The van der Waals surface area contributed by atoms with Crippen molar-refractivity contribution in [3.8, 4) is 5.75 Å². The van der Waals surface area contributed by atoms with Gasteiger partial charge >= 0.3 is 12.3 Å². The van der Waals surface area contributed by atoms with E-state index in [9.17, 15) is 18.0 Å². The highest BCUT2D eigenvalue weighted by atomic mass is 19.4. The zero-order valence-electron chi connectivity index (χ0n) is 10.7. The van der Waals surface area contributed by atoms with Crippen LogP contribution in [0.1, 0.15) is 12.5 Å². The summed E-state index contributed by atoms with van der Waals surface area (Å²) in [6.07, 6.45) is 1.25. The second-order valence-electron chi connectivity index (χ2n) is 3.59. The molecular weight excluding hydrogens is 273 g/mol. The first-order valence-corrected chi connectivity index (χ1v) is 5.78. The molecule has 0 aliphatic rings. The Bertz CT molecular complexity index is 487. The number of benzene rings is 1. The zero-order chi connectivity index (χ0) is 15.0. The average Bonchev–Trinajstić information content (AvgIpc) is 2.35. The summed E-state index contributed by atoms with van der Waals surface area (Å²) in [5.41, 5.74) is 0.674. The lowest BCUT2D eigenvalue weighted by Crippen LogP contribution is -2.16. The largest absolute Gasteiger partial charge is 0.573 e. The lowest BCUT2D eigenvalue weighted by molar-refractivity contribution is -0.274. The van der Waals surface area contributed by atoms with E-state index in [2.05, 4.69) is 9.47 Å². The van der Waals surface area contributed by atoms with Crippen molar-refractivity contribution in [2.24, 2.45) is 0 Å². The third kappa shape index (κ3) is 6.63. The molecule has 0 fully saturated rings. The van der Waals surface area contributed by atoms with Gasteiger partial charge in [-0.25, -0.2) is 4.79 Å². The van der Waals surface area contributed by atoms with Crippen LogP contribution in [0.3, 0.4) is 0 Å². The zero-order valence-corrected chi connectivity index (χ0v) is 10.7. The summed E-state index contributed by atoms with van der Waals surface area (Å²) < 4.78 is 44.2. The van der Waals surface area contributed by atoms with E-state index >= 15 is 0 Å². The van der Waals surface area contributed by atoms with E-state index in [4.69, 9.17) is 0 Å². The van der Waals surface area contributed by atoms with Gasteiger partial charge in [-0.1, -0.05) is 30.4 Å². The molecule has 0 saturated carbocycles. The average molecular weight is 286 g/mol. The van der Waals surface area contributed by atoms with Crippen molar-refractivity contribution in [2.75, 3.05) is 6.61 Å². The van der Waals surface area contributed by atoms with Crippen LogP contribution in [0.5, 0.6) is 5.75 Å². The molecule has 0 aliphatic carbocycles. The third-order valence-electron chi connectivity index (χ3n) is 2.03. The van der Waals surface area contributed by atoms with E-state index in [1.807, 2.05) is 0 Å². The molecule has 0 spiro atoms. The maximum Gasteiger partial charge on any atom is 0.573 e. The Morgan fingerprint density at radius 3 is 2.40 bits per heavy atom. The van der Waals surface area contributed by atoms with Crippen molar-refractivity contribution in [3.63, 3.8) is 0 Å². The Kier molecular flexibility index (Phi) is 5.83. The Hall–Kier alpha value is -2.24. The SMILES string of the molecule is CCOC(=O)/C=C/C=C/c1ccc(OC(F)(F)F)cc1. The monoisotopic (exact) mass is 286 g/mol. The van der Waals surface area contributed by atoms with Crippen LogP contribution < -0.4 is 4.74 Å². The van der Waals surface area contributed by atoms with Gasteiger partial charge in [0.15, 0.2) is 0 Å². The molecule has 6 heteroatoms. The van der Waals surface area contributed by atoms with Gasteiger partial charge in [0, 0.05) is 6.08 Å². The number of allylic oxidation sites excluding steroid dienone is 2. The first kappa shape index (κ1) is 15.8. The summed E-state index contributed by atoms with van der Waals surface area (Å²) >= 11 is 0. The number of hydrogen-bond acceptors (Lipinski definition) is 3. The van der Waals surface area contributed by atoms with Gasteiger partial charge in [-0.3, -0.25) is 0 Å². The summed E-state index contributed by atoms with van der Waals surface area (Å²) in [4.78, 5) is 11.0. The van der Waals surface area contributed by atoms with Gasteiger partial charge < -0.3 is 9.47 Å². The first-order chi connectivity index (χ1) is 9.40. The number of rotatable bonds is 5. The molecule has 0 radical (unpaired) electrons. The van der Waals surface area contributed by atoms with E-state index in [1.165, 1.54) is 36.4 Å². The van der Waals surface area contributed by atoms with E-state index < -0.39 is 12.3 Å². The van der Waals surface area contributed by atoms with Gasteiger partial charge in [0.2, 0.25) is 0 Å². The van der Waals surface area contributed by atoms with Gasteiger partial charge in [-0.2, -0.15) is 0 Å². The van der Waals surface area contributed by atoms with Gasteiger partial charge in [-0.15, -0.1) is 13.2 Å². The molecule has 3 nitrogen and oxygen atoms in total. The van der Waals surface area contributed by atoms with Crippen LogP contribution in [-0.2, 0) is 9.53 Å². The van der Waals surface area contributed by atoms with Gasteiger partial charge in [0.05, 0.1) is 6.61 Å². The molecule has 0 aromatic heterocycles. The minimum Gasteiger partial charge on any atom is -0.463 e. The Labute approximate surface area is 114 Å². The molecule has 20 heavy (non-hydrogen) atoms. The molecule has 0 heterocycles.